The Labute approximate surface area is 93.5 Å². The lowest BCUT2D eigenvalue weighted by Crippen LogP contribution is -2.03. The second-order valence-electron chi connectivity index (χ2n) is 3.29. The number of aliphatic imine (C=N–C) groups is 1. The van der Waals surface area contributed by atoms with Gasteiger partial charge in [-0.3, -0.25) is 4.57 Å². The molecule has 0 saturated heterocycles. The van der Waals surface area contributed by atoms with Gasteiger partial charge in [-0.1, -0.05) is 0 Å². The molecule has 0 bridgehead atoms. The lowest BCUT2D eigenvalue weighted by atomic mass is 10.2. The van der Waals surface area contributed by atoms with Gasteiger partial charge in [0.25, 0.3) is 0 Å². The van der Waals surface area contributed by atoms with Crippen molar-refractivity contribution >= 4 is 11.5 Å². The Morgan fingerprint density at radius 3 is 2.69 bits per heavy atom. The number of nitrogens with zero attached hydrogens (tertiary/aromatic N) is 4. The van der Waals surface area contributed by atoms with E-state index in [1.807, 2.05) is 29.8 Å². The summed E-state index contributed by atoms with van der Waals surface area (Å²) in [6, 6.07) is 9.21. The largest absolute Gasteiger partial charge is 0.294 e. The summed E-state index contributed by atoms with van der Waals surface area (Å²) in [4.78, 5) is 8.36. The lowest BCUT2D eigenvalue weighted by molar-refractivity contribution is 1.11. The van der Waals surface area contributed by atoms with Gasteiger partial charge in [-0.15, -0.1) is 0 Å². The Kier molecular flexibility index (Phi) is 2.79. The first-order valence-electron chi connectivity index (χ1n) is 4.83. The van der Waals surface area contributed by atoms with E-state index >= 15 is 0 Å². The third-order valence-corrected chi connectivity index (χ3v) is 2.17. The minimum absolute atomic E-state index is 0.638. The average Bonchev–Trinajstić information content (AvgIpc) is 2.83. The van der Waals surface area contributed by atoms with Crippen LogP contribution in [0.1, 0.15) is 12.5 Å². The van der Waals surface area contributed by atoms with Crippen molar-refractivity contribution in [2.45, 2.75) is 6.92 Å². The molecule has 0 amide bonds. The fourth-order valence-corrected chi connectivity index (χ4v) is 1.31. The summed E-state index contributed by atoms with van der Waals surface area (Å²) in [6.45, 7) is 1.90. The van der Waals surface area contributed by atoms with Crippen LogP contribution in [0.15, 0.2) is 48.0 Å². The van der Waals surface area contributed by atoms with E-state index in [9.17, 15) is 0 Å². The van der Waals surface area contributed by atoms with Gasteiger partial charge in [-0.25, -0.2) is 9.98 Å². The van der Waals surface area contributed by atoms with Crippen molar-refractivity contribution in [3.8, 4) is 6.07 Å². The Bertz CT molecular complexity index is 529. The molecule has 78 valence electrons. The molecular weight excluding hydrogens is 200 g/mol. The summed E-state index contributed by atoms with van der Waals surface area (Å²) in [5.74, 6) is 0.835. The Balaban J connectivity index is 2.26. The number of aromatic nitrogens is 2. The van der Waals surface area contributed by atoms with Crippen molar-refractivity contribution in [2.24, 2.45) is 4.99 Å². The lowest BCUT2D eigenvalue weighted by Gasteiger charge is -2.00. The maximum atomic E-state index is 8.66. The molecule has 1 heterocycles. The number of imidazole rings is 1. The summed E-state index contributed by atoms with van der Waals surface area (Å²) >= 11 is 0. The van der Waals surface area contributed by atoms with E-state index in [1.165, 1.54) is 0 Å². The van der Waals surface area contributed by atoms with Gasteiger partial charge in [0.15, 0.2) is 0 Å². The summed E-state index contributed by atoms with van der Waals surface area (Å²) in [5.41, 5.74) is 1.46. The summed E-state index contributed by atoms with van der Waals surface area (Å²) in [5, 5.41) is 8.66. The predicted molar refractivity (Wildman–Crippen MR) is 61.6 cm³/mol. The van der Waals surface area contributed by atoms with Gasteiger partial charge in [0, 0.05) is 12.4 Å². The maximum Gasteiger partial charge on any atom is 0.111 e. The number of nitriles is 1. The number of hydrogen-bond acceptors (Lipinski definition) is 3. The number of benzene rings is 1. The highest BCUT2D eigenvalue weighted by molar-refractivity contribution is 5.84. The molecule has 1 aromatic heterocycles. The van der Waals surface area contributed by atoms with E-state index in [4.69, 9.17) is 5.26 Å². The Morgan fingerprint density at radius 2 is 2.12 bits per heavy atom. The average molecular weight is 210 g/mol. The van der Waals surface area contributed by atoms with Crippen molar-refractivity contribution in [1.82, 2.24) is 9.55 Å². The molecule has 0 aliphatic carbocycles. The van der Waals surface area contributed by atoms with E-state index in [1.54, 1.807) is 24.7 Å². The van der Waals surface area contributed by atoms with Crippen LogP contribution in [-0.2, 0) is 0 Å². The zero-order valence-electron chi connectivity index (χ0n) is 8.83. The quantitative estimate of drug-likeness (QED) is 0.536. The zero-order valence-corrected chi connectivity index (χ0v) is 8.83. The highest BCUT2D eigenvalue weighted by Crippen LogP contribution is 2.13. The molecule has 2 rings (SSSR count). The molecule has 0 fully saturated rings. The minimum atomic E-state index is 0.638. The van der Waals surface area contributed by atoms with Crippen LogP contribution in [0.5, 0.6) is 0 Å². The second-order valence-corrected chi connectivity index (χ2v) is 3.29. The van der Waals surface area contributed by atoms with Gasteiger partial charge in [-0.05, 0) is 31.2 Å². The fourth-order valence-electron chi connectivity index (χ4n) is 1.31. The highest BCUT2D eigenvalue weighted by Gasteiger charge is 1.95. The molecule has 0 saturated carbocycles. The first kappa shape index (κ1) is 10.1. The molecule has 0 atom stereocenters. The summed E-state index contributed by atoms with van der Waals surface area (Å²) in [6.07, 6.45) is 5.24. The molecule has 0 N–H and O–H groups in total. The first-order chi connectivity index (χ1) is 7.79. The Morgan fingerprint density at radius 1 is 1.38 bits per heavy atom. The van der Waals surface area contributed by atoms with Crippen molar-refractivity contribution < 1.29 is 0 Å². The van der Waals surface area contributed by atoms with Gasteiger partial charge in [-0.2, -0.15) is 5.26 Å². The molecule has 0 radical (unpaired) electrons. The standard InChI is InChI=1S/C12H10N4/c1-10(16-7-6-14-9-16)15-12-4-2-11(8-13)3-5-12/h2-7,9H,1H3. The molecule has 0 aliphatic rings. The fraction of sp³-hybridized carbons (Fsp3) is 0.0833. The Hall–Kier alpha value is -2.41. The van der Waals surface area contributed by atoms with Crippen LogP contribution in [0.4, 0.5) is 5.69 Å². The van der Waals surface area contributed by atoms with Crippen LogP contribution in [-0.4, -0.2) is 15.4 Å². The van der Waals surface area contributed by atoms with Crippen molar-refractivity contribution in [1.29, 1.82) is 5.26 Å². The van der Waals surface area contributed by atoms with E-state index in [2.05, 4.69) is 16.0 Å². The van der Waals surface area contributed by atoms with E-state index < -0.39 is 0 Å². The van der Waals surface area contributed by atoms with Crippen LogP contribution in [0, 0.1) is 11.3 Å². The van der Waals surface area contributed by atoms with Crippen LogP contribution in [0.25, 0.3) is 0 Å². The monoisotopic (exact) mass is 210 g/mol. The second kappa shape index (κ2) is 4.41. The van der Waals surface area contributed by atoms with Gasteiger partial charge < -0.3 is 0 Å². The molecule has 1 aromatic carbocycles. The highest BCUT2D eigenvalue weighted by atomic mass is 15.1. The van der Waals surface area contributed by atoms with E-state index in [0.29, 0.717) is 5.56 Å². The van der Waals surface area contributed by atoms with Gasteiger partial charge >= 0.3 is 0 Å². The first-order valence-corrected chi connectivity index (χ1v) is 4.83. The van der Waals surface area contributed by atoms with Crippen molar-refractivity contribution in [2.75, 3.05) is 0 Å². The summed E-state index contributed by atoms with van der Waals surface area (Å²) in [7, 11) is 0. The molecule has 0 aliphatic heterocycles. The van der Waals surface area contributed by atoms with Crippen LogP contribution in [0.2, 0.25) is 0 Å². The molecule has 0 unspecified atom stereocenters. The van der Waals surface area contributed by atoms with Crippen LogP contribution in [0.3, 0.4) is 0 Å². The topological polar surface area (TPSA) is 54.0 Å². The normalized spacial score (nSPS) is 11.1. The molecule has 16 heavy (non-hydrogen) atoms. The van der Waals surface area contributed by atoms with Gasteiger partial charge in [0.2, 0.25) is 0 Å². The molecule has 4 nitrogen and oxygen atoms in total. The third kappa shape index (κ3) is 2.15. The third-order valence-electron chi connectivity index (χ3n) is 2.17. The molecule has 2 aromatic rings. The van der Waals surface area contributed by atoms with Crippen molar-refractivity contribution in [3.05, 3.63) is 48.5 Å². The zero-order chi connectivity index (χ0) is 11.4. The molecule has 0 spiro atoms. The van der Waals surface area contributed by atoms with E-state index in [-0.39, 0.29) is 0 Å². The van der Waals surface area contributed by atoms with E-state index in [0.717, 1.165) is 11.5 Å². The number of hydrogen-bond donors (Lipinski definition) is 0. The van der Waals surface area contributed by atoms with Crippen LogP contribution < -0.4 is 0 Å². The van der Waals surface area contributed by atoms with Crippen LogP contribution >= 0.6 is 0 Å². The summed E-state index contributed by atoms with van der Waals surface area (Å²) < 4.78 is 1.83. The SMILES string of the molecule is CC(=Nc1ccc(C#N)cc1)n1ccnc1. The maximum absolute atomic E-state index is 8.66. The molecular formula is C12H10N4. The van der Waals surface area contributed by atoms with Crippen molar-refractivity contribution in [3.63, 3.8) is 0 Å². The van der Waals surface area contributed by atoms with Gasteiger partial charge in [0.1, 0.15) is 12.2 Å². The number of rotatable bonds is 1. The minimum Gasteiger partial charge on any atom is -0.294 e. The van der Waals surface area contributed by atoms with Gasteiger partial charge in [0.05, 0.1) is 17.3 Å². The predicted octanol–water partition coefficient (Wildman–Crippen LogP) is 2.35. The smallest absolute Gasteiger partial charge is 0.111 e. The molecule has 4 heteroatoms.